The summed E-state index contributed by atoms with van der Waals surface area (Å²) in [5, 5.41) is 0.274. The van der Waals surface area contributed by atoms with Crippen molar-refractivity contribution >= 4 is 40.5 Å². The van der Waals surface area contributed by atoms with Gasteiger partial charge in [0.2, 0.25) is 0 Å². The van der Waals surface area contributed by atoms with Gasteiger partial charge in [-0.1, -0.05) is 31.4 Å². The molecule has 2 heterocycles. The summed E-state index contributed by atoms with van der Waals surface area (Å²) in [6, 6.07) is 5.89. The number of carbonyl (C=O) groups excluding carboxylic acids is 2. The Balaban J connectivity index is 1.83. The van der Waals surface area contributed by atoms with Gasteiger partial charge in [0.25, 0.3) is 11.8 Å². The van der Waals surface area contributed by atoms with Crippen molar-refractivity contribution in [3.05, 3.63) is 58.6 Å². The fourth-order valence-electron chi connectivity index (χ4n) is 5.37. The smallest absolute Gasteiger partial charge is 0.265 e. The largest absolute Gasteiger partial charge is 0.347 e. The maximum Gasteiger partial charge on any atom is 0.265 e. The van der Waals surface area contributed by atoms with Crippen molar-refractivity contribution in [1.29, 1.82) is 0 Å². The zero-order valence-electron chi connectivity index (χ0n) is 18.9. The molecule has 0 N–H and O–H groups in total. The van der Waals surface area contributed by atoms with Crippen molar-refractivity contribution in [2.75, 3.05) is 25.0 Å². The van der Waals surface area contributed by atoms with E-state index in [1.54, 1.807) is 6.08 Å². The lowest BCUT2D eigenvalue weighted by atomic mass is 9.68. The lowest BCUT2D eigenvalue weighted by Gasteiger charge is -2.37. The van der Waals surface area contributed by atoms with E-state index in [0.29, 0.717) is 18.8 Å². The topological polar surface area (TPSA) is 48.2 Å². The first-order chi connectivity index (χ1) is 15.4. The van der Waals surface area contributed by atoms with Gasteiger partial charge in [-0.3, -0.25) is 19.4 Å². The van der Waals surface area contributed by atoms with E-state index in [2.05, 4.69) is 9.74 Å². The SMILES string of the molecule is [C-]#[N+]c1ccc2c(c1)C1(CCCCC1)/C(=C\C=C1C(=O)N(CC)C(=S)N(CC)C1=O)N2C. The van der Waals surface area contributed by atoms with Gasteiger partial charge in [-0.25, -0.2) is 4.85 Å². The molecule has 0 bridgehead atoms. The van der Waals surface area contributed by atoms with Crippen molar-refractivity contribution in [1.82, 2.24) is 9.80 Å². The third-order valence-electron chi connectivity index (χ3n) is 7.00. The highest BCUT2D eigenvalue weighted by molar-refractivity contribution is 7.80. The van der Waals surface area contributed by atoms with Gasteiger partial charge in [-0.2, -0.15) is 0 Å². The molecule has 7 heteroatoms. The van der Waals surface area contributed by atoms with Crippen LogP contribution in [0.25, 0.3) is 4.85 Å². The van der Waals surface area contributed by atoms with Crippen LogP contribution in [-0.2, 0) is 15.0 Å². The third kappa shape index (κ3) is 3.25. The number of allylic oxidation sites excluding steroid dienone is 3. The molecule has 1 aliphatic carbocycles. The fraction of sp³-hybridized carbons (Fsp3) is 0.440. The average Bonchev–Trinajstić information content (AvgIpc) is 3.02. The van der Waals surface area contributed by atoms with Crippen molar-refractivity contribution in [3.63, 3.8) is 0 Å². The Labute approximate surface area is 195 Å². The summed E-state index contributed by atoms with van der Waals surface area (Å²) in [5.74, 6) is -0.676. The highest BCUT2D eigenvalue weighted by atomic mass is 32.1. The van der Waals surface area contributed by atoms with Gasteiger partial charge < -0.3 is 4.90 Å². The Hall–Kier alpha value is -2.98. The van der Waals surface area contributed by atoms with E-state index in [1.807, 2.05) is 45.2 Å². The second-order valence-corrected chi connectivity index (χ2v) is 8.89. The number of benzene rings is 1. The van der Waals surface area contributed by atoms with E-state index in [9.17, 15) is 9.59 Å². The maximum atomic E-state index is 13.0. The Morgan fingerprint density at radius 3 is 2.25 bits per heavy atom. The van der Waals surface area contributed by atoms with Crippen LogP contribution in [0.1, 0.15) is 51.5 Å². The molecule has 4 rings (SSSR count). The summed E-state index contributed by atoms with van der Waals surface area (Å²) >= 11 is 5.37. The van der Waals surface area contributed by atoms with Crippen LogP contribution < -0.4 is 4.90 Å². The first-order valence-electron chi connectivity index (χ1n) is 11.3. The molecule has 166 valence electrons. The number of nitrogens with zero attached hydrogens (tertiary/aromatic N) is 4. The molecule has 1 aromatic carbocycles. The molecule has 2 amide bonds. The molecule has 0 unspecified atom stereocenters. The summed E-state index contributed by atoms with van der Waals surface area (Å²) in [5.41, 5.74) is 3.96. The first kappa shape index (κ1) is 22.2. The standard InChI is InChI=1S/C25H28N4O2S/c1-5-28-22(30)18(23(31)29(6-2)24(28)32)11-13-21-25(14-8-7-9-15-25)19-16-17(26-3)10-12-20(19)27(21)4/h10-13,16H,5-9,14-15H2,1-2,4H3/b21-13+. The molecule has 1 spiro atoms. The average molecular weight is 449 g/mol. The van der Waals surface area contributed by atoms with Crippen LogP contribution >= 0.6 is 12.2 Å². The Morgan fingerprint density at radius 1 is 1.06 bits per heavy atom. The summed E-state index contributed by atoms with van der Waals surface area (Å²) in [6.45, 7) is 12.0. The van der Waals surface area contributed by atoms with Crippen molar-refractivity contribution < 1.29 is 9.59 Å². The summed E-state index contributed by atoms with van der Waals surface area (Å²) in [4.78, 5) is 34.8. The first-order valence-corrected chi connectivity index (χ1v) is 11.7. The van der Waals surface area contributed by atoms with Crippen molar-refractivity contribution in [3.8, 4) is 0 Å². The number of amides is 2. The van der Waals surface area contributed by atoms with Crippen LogP contribution in [-0.4, -0.2) is 46.9 Å². The van der Waals surface area contributed by atoms with E-state index in [1.165, 1.54) is 21.8 Å². The van der Waals surface area contributed by atoms with Gasteiger partial charge >= 0.3 is 0 Å². The summed E-state index contributed by atoms with van der Waals surface area (Å²) in [6.07, 6.45) is 9.05. The molecule has 0 atom stereocenters. The molecule has 0 radical (unpaired) electrons. The van der Waals surface area contributed by atoms with E-state index in [0.717, 1.165) is 37.1 Å². The van der Waals surface area contributed by atoms with E-state index in [-0.39, 0.29) is 27.9 Å². The molecule has 0 aromatic heterocycles. The second kappa shape index (κ2) is 8.51. The second-order valence-electron chi connectivity index (χ2n) is 8.53. The number of hydrogen-bond donors (Lipinski definition) is 0. The number of rotatable bonds is 3. The number of hydrogen-bond acceptors (Lipinski definition) is 4. The fourth-order valence-corrected chi connectivity index (χ4v) is 5.80. The van der Waals surface area contributed by atoms with Crippen molar-refractivity contribution in [2.45, 2.75) is 51.4 Å². The highest BCUT2D eigenvalue weighted by Crippen LogP contribution is 2.55. The molecule has 2 fully saturated rings. The van der Waals surface area contributed by atoms with Gasteiger partial charge in [-0.05, 0) is 62.7 Å². The molecule has 32 heavy (non-hydrogen) atoms. The molecule has 1 aromatic rings. The minimum atomic E-state index is -0.338. The predicted molar refractivity (Wildman–Crippen MR) is 129 cm³/mol. The molecule has 2 aliphatic heterocycles. The lowest BCUT2D eigenvalue weighted by Crippen LogP contribution is -2.55. The molecule has 6 nitrogen and oxygen atoms in total. The van der Waals surface area contributed by atoms with Gasteiger partial charge in [0.15, 0.2) is 10.8 Å². The van der Waals surface area contributed by atoms with Gasteiger partial charge in [0.1, 0.15) is 5.57 Å². The molecule has 3 aliphatic rings. The van der Waals surface area contributed by atoms with Crippen LogP contribution in [0.15, 0.2) is 41.6 Å². The van der Waals surface area contributed by atoms with Crippen LogP contribution in [0.3, 0.4) is 0 Å². The van der Waals surface area contributed by atoms with Crippen molar-refractivity contribution in [2.24, 2.45) is 0 Å². The van der Waals surface area contributed by atoms with Gasteiger partial charge in [0.05, 0.1) is 6.57 Å². The zero-order chi connectivity index (χ0) is 23.0. The zero-order valence-corrected chi connectivity index (χ0v) is 19.7. The predicted octanol–water partition coefficient (Wildman–Crippen LogP) is 4.69. The minimum Gasteiger partial charge on any atom is -0.347 e. The normalized spacial score (nSPS) is 21.4. The van der Waals surface area contributed by atoms with E-state index < -0.39 is 0 Å². The molecular formula is C25H28N4O2S. The monoisotopic (exact) mass is 448 g/mol. The minimum absolute atomic E-state index is 0.145. The Kier molecular flexibility index (Phi) is 5.91. The number of carbonyl (C=O) groups is 2. The van der Waals surface area contributed by atoms with Crippen LogP contribution in [0, 0.1) is 6.57 Å². The van der Waals surface area contributed by atoms with Crippen LogP contribution in [0.2, 0.25) is 0 Å². The number of fused-ring (bicyclic) bond motifs is 2. The lowest BCUT2D eigenvalue weighted by molar-refractivity contribution is -0.133. The van der Waals surface area contributed by atoms with Crippen LogP contribution in [0.5, 0.6) is 0 Å². The number of likely N-dealkylation sites (N-methyl/N-ethyl adjacent to an activating group) is 3. The number of thiocarbonyl (C=S) groups is 1. The number of anilines is 1. The quantitative estimate of drug-likeness (QED) is 0.291. The Bertz CT molecular complexity index is 1060. The molecule has 1 saturated heterocycles. The molecule has 1 saturated carbocycles. The molecular weight excluding hydrogens is 420 g/mol. The Morgan fingerprint density at radius 2 is 1.69 bits per heavy atom. The van der Waals surface area contributed by atoms with Gasteiger partial charge in [-0.15, -0.1) is 0 Å². The van der Waals surface area contributed by atoms with E-state index >= 15 is 0 Å². The highest BCUT2D eigenvalue weighted by Gasteiger charge is 2.46. The third-order valence-corrected chi connectivity index (χ3v) is 7.44. The summed E-state index contributed by atoms with van der Waals surface area (Å²) < 4.78 is 0. The maximum absolute atomic E-state index is 13.0. The van der Waals surface area contributed by atoms with Gasteiger partial charge in [0, 0.05) is 36.9 Å². The summed E-state index contributed by atoms with van der Waals surface area (Å²) in [7, 11) is 2.03. The van der Waals surface area contributed by atoms with E-state index in [4.69, 9.17) is 18.8 Å². The van der Waals surface area contributed by atoms with Crippen LogP contribution in [0.4, 0.5) is 11.4 Å².